The van der Waals surface area contributed by atoms with Gasteiger partial charge in [0.05, 0.1) is 0 Å². The molecule has 0 aliphatic heterocycles. The predicted octanol–water partition coefficient (Wildman–Crippen LogP) is 16.8. The van der Waals surface area contributed by atoms with Crippen LogP contribution in [0.1, 0.15) is 0 Å². The van der Waals surface area contributed by atoms with Gasteiger partial charge in [0.15, 0.2) is 0 Å². The summed E-state index contributed by atoms with van der Waals surface area (Å²) in [6.45, 7) is 6.64. The van der Waals surface area contributed by atoms with E-state index in [1.165, 1.54) is 0 Å². The van der Waals surface area contributed by atoms with E-state index in [9.17, 15) is 0 Å². The Balaban J connectivity index is 6.19. The summed E-state index contributed by atoms with van der Waals surface area (Å²) in [4.78, 5) is 0. The summed E-state index contributed by atoms with van der Waals surface area (Å²) in [6.07, 6.45) is 0. The SMILES string of the molecule is C=C=C=C=C=C=C=C=C=C=C=C=C=C=C=C=C=C=C=C=C=C=C=C=C=C=C=C=C=C=C=C=C=C=C=C=C=C=C=C=C=C=C=C=C=C=C=C=C=C=C=C=C=C=C=C=C=C=C=C=C=C=C=C=C=C=C=C=C=C=C=C=C=C=C=C=C=C=C=C=C=C=C=C=C=C=C=C=C=C=C=C=C=C=C=C=C=C=C=C=C=C=C=C=C. The molecule has 424 valence electrons. The highest BCUT2D eigenvalue weighted by atomic mass is 13.5. The molecule has 0 aliphatic carbocycles. The van der Waals surface area contributed by atoms with Crippen molar-refractivity contribution >= 4 is 0 Å². The topological polar surface area (TPSA) is 0 Å². The number of hydrogen-bond donors (Lipinski definition) is 0. The van der Waals surface area contributed by atoms with E-state index in [1.807, 2.05) is 0 Å². The van der Waals surface area contributed by atoms with Gasteiger partial charge < -0.3 is 0 Å². The largest absolute Gasteiger partial charge is 0.0687 e. The molecule has 0 aromatic heterocycles. The minimum Gasteiger partial charge on any atom is -0.0687 e. The van der Waals surface area contributed by atoms with Crippen LogP contribution in [0.4, 0.5) is 0 Å². The van der Waals surface area contributed by atoms with Gasteiger partial charge in [-0.25, -0.2) is 0 Å². The molecule has 0 atom stereocenters. The third-order valence-corrected chi connectivity index (χ3v) is 6.43. The van der Waals surface area contributed by atoms with Crippen molar-refractivity contribution in [3.8, 4) is 0 Å². The molecule has 0 amide bonds. The molecule has 0 unspecified atom stereocenters. The molecule has 0 N–H and O–H groups in total. The summed E-state index contributed by atoms with van der Waals surface area (Å²) in [7, 11) is 0. The van der Waals surface area contributed by atoms with E-state index in [0.29, 0.717) is 0 Å². The summed E-state index contributed by atoms with van der Waals surface area (Å²) in [5, 5.41) is 0. The minimum atomic E-state index is 2.37. The van der Waals surface area contributed by atoms with Gasteiger partial charge in [0.1, 0.15) is 0 Å². The van der Waals surface area contributed by atoms with Crippen molar-refractivity contribution in [2.45, 2.75) is 0 Å². The van der Waals surface area contributed by atoms with Crippen molar-refractivity contribution in [3.05, 3.63) is 603 Å². The molecule has 0 fully saturated rings. The standard InChI is InChI=1S/C105H4/c1-3-5-7-9-11-13-15-17-19-21-23-25-27-29-31-33-35-37-39-41-43-45-47-49-51-53-55-57-59-61-63-65-67-69-71-73-75-77-79-81-83-85-87-89-91-93-95-97-99-101-103-105-104-102-100-98-96-94-92-90-88-86-84-82-80-78-76-74-72-70-68-66-64-62-60-58-56-54-52-50-48-46-44-42-40-38-36-34-32-30-28-26-24-22-20-18-16-14-12-10-8-6-4-2/h1-2H2. The Labute approximate surface area is 599 Å². The molecule has 0 aromatic carbocycles. The van der Waals surface area contributed by atoms with E-state index in [0.717, 1.165) is 0 Å². The monoisotopic (exact) mass is 1260 g/mol. The van der Waals surface area contributed by atoms with Gasteiger partial charge >= 0.3 is 0 Å². The van der Waals surface area contributed by atoms with Crippen LogP contribution in [-0.2, 0) is 0 Å². The van der Waals surface area contributed by atoms with Crippen molar-refractivity contribution in [2.24, 2.45) is 0 Å². The number of rotatable bonds is 0. The minimum absolute atomic E-state index is 2.37. The molecule has 105 heavy (non-hydrogen) atoms. The Morgan fingerprint density at radius 2 is 0.0762 bits per heavy atom. The summed E-state index contributed by atoms with van der Waals surface area (Å²) >= 11 is 0. The van der Waals surface area contributed by atoms with Crippen LogP contribution in [0.15, 0.2) is 603 Å². The lowest BCUT2D eigenvalue weighted by Crippen LogP contribution is -1.26. The second kappa shape index (κ2) is 81.1. The quantitative estimate of drug-likeness (QED) is 0.212. The van der Waals surface area contributed by atoms with Crippen LogP contribution in [-0.4, -0.2) is 0 Å². The fourth-order valence-electron chi connectivity index (χ4n) is 3.18. The summed E-state index contributed by atoms with van der Waals surface area (Å²) in [5.74, 6) is 0. The lowest BCUT2D eigenvalue weighted by molar-refractivity contribution is 2.10. The molecule has 0 aliphatic rings. The Hall–Kier alpha value is -22.9. The van der Waals surface area contributed by atoms with E-state index in [2.05, 4.69) is 603 Å². The van der Waals surface area contributed by atoms with Crippen LogP contribution in [0, 0.1) is 0 Å². The highest BCUT2D eigenvalue weighted by Gasteiger charge is 1.51. The highest BCUT2D eigenvalue weighted by Crippen LogP contribution is 1.67. The van der Waals surface area contributed by atoms with E-state index >= 15 is 0 Å². The first-order chi connectivity index (χ1) is 52.4. The maximum Gasteiger partial charge on any atom is 0 e. The van der Waals surface area contributed by atoms with Crippen LogP contribution in [0.2, 0.25) is 0 Å². The van der Waals surface area contributed by atoms with Crippen molar-refractivity contribution in [3.63, 3.8) is 0 Å². The fourth-order valence-corrected chi connectivity index (χ4v) is 3.18. The lowest BCUT2D eigenvalue weighted by atomic mass is 10.6. The van der Waals surface area contributed by atoms with Gasteiger partial charge in [-0.2, -0.15) is 0 Å². The van der Waals surface area contributed by atoms with Gasteiger partial charge in [-0.3, -0.25) is 0 Å². The van der Waals surface area contributed by atoms with Crippen LogP contribution in [0.5, 0.6) is 0 Å². The second-order valence-electron chi connectivity index (χ2n) is 13.0. The highest BCUT2D eigenvalue weighted by molar-refractivity contribution is 5.02. The van der Waals surface area contributed by atoms with Crippen molar-refractivity contribution < 1.29 is 0 Å². The first-order valence-electron chi connectivity index (χ1n) is 26.2. The van der Waals surface area contributed by atoms with Gasteiger partial charge in [0.25, 0.3) is 0 Å². The Bertz CT molecular complexity index is 7920. The zero-order valence-corrected chi connectivity index (χ0v) is 52.9. The zero-order chi connectivity index (χ0) is 74.8. The molecule has 0 nitrogen and oxygen atoms in total. The normalized spacial score (nSPS) is 3.96. The first kappa shape index (κ1) is 82.1. The molecule has 0 aromatic rings. The molecular weight excluding hydrogens is 1260 g/mol. The Morgan fingerprint density at radius 3 is 0.105 bits per heavy atom. The lowest BCUT2D eigenvalue weighted by Gasteiger charge is -1.41. The van der Waals surface area contributed by atoms with Gasteiger partial charge in [0.2, 0.25) is 0 Å². The average Bonchev–Trinajstić information content (AvgIpc) is 3.78. The third kappa shape index (κ3) is 81.1. The van der Waals surface area contributed by atoms with E-state index in [1.54, 1.807) is 0 Å². The van der Waals surface area contributed by atoms with Crippen LogP contribution in [0.3, 0.4) is 0 Å². The van der Waals surface area contributed by atoms with Crippen LogP contribution >= 0.6 is 0 Å². The maximum atomic E-state index is 3.32. The van der Waals surface area contributed by atoms with E-state index in [4.69, 9.17) is 0 Å². The maximum absolute atomic E-state index is 3.32. The summed E-state index contributed by atoms with van der Waals surface area (Å²) in [5.41, 5.74) is 257. The third-order valence-electron chi connectivity index (χ3n) is 6.43. The van der Waals surface area contributed by atoms with Gasteiger partial charge in [0, 0.05) is 487 Å². The smallest absolute Gasteiger partial charge is 0 e. The molecule has 0 radical (unpaired) electrons. The molecule has 0 saturated carbocycles. The van der Waals surface area contributed by atoms with Crippen LogP contribution < -0.4 is 0 Å². The van der Waals surface area contributed by atoms with Crippen molar-refractivity contribution in [2.75, 3.05) is 0 Å². The second-order valence-corrected chi connectivity index (χ2v) is 13.0. The van der Waals surface area contributed by atoms with Crippen molar-refractivity contribution in [1.29, 1.82) is 0 Å². The Morgan fingerprint density at radius 1 is 0.0476 bits per heavy atom. The molecule has 0 spiro atoms. The molecule has 0 heterocycles. The molecular formula is C105H4. The zero-order valence-electron chi connectivity index (χ0n) is 52.9. The molecule has 0 rings (SSSR count). The van der Waals surface area contributed by atoms with Gasteiger partial charge in [-0.15, -0.1) is 0 Å². The Kier molecular flexibility index (Phi) is 63.4. The van der Waals surface area contributed by atoms with E-state index < -0.39 is 0 Å². The average molecular weight is 1270 g/mol. The fraction of sp³-hybridized carbons (Fsp3) is 0. The van der Waals surface area contributed by atoms with Gasteiger partial charge in [-0.1, -0.05) is 11.5 Å². The summed E-state index contributed by atoms with van der Waals surface area (Å²) < 4.78 is 0. The number of hydrogen-bond acceptors (Lipinski definition) is 0. The van der Waals surface area contributed by atoms with E-state index in [-0.39, 0.29) is 0 Å². The van der Waals surface area contributed by atoms with Crippen molar-refractivity contribution in [1.82, 2.24) is 0 Å². The molecule has 0 bridgehead atoms. The summed E-state index contributed by atoms with van der Waals surface area (Å²) in [6, 6.07) is 0. The first-order valence-corrected chi connectivity index (χ1v) is 26.2. The van der Waals surface area contributed by atoms with Crippen LogP contribution in [0.25, 0.3) is 0 Å². The molecule has 0 saturated heterocycles. The predicted molar refractivity (Wildman–Crippen MR) is 373 cm³/mol. The van der Waals surface area contributed by atoms with Gasteiger partial charge in [-0.05, 0) is 105 Å². The molecule has 0 heteroatoms.